The quantitative estimate of drug-likeness (QED) is 0.450. The summed E-state index contributed by atoms with van der Waals surface area (Å²) in [5.74, 6) is -4.24. The number of alkyl halides is 3. The summed E-state index contributed by atoms with van der Waals surface area (Å²) in [7, 11) is 0. The molecule has 12 heteroatoms. The van der Waals surface area contributed by atoms with Crippen LogP contribution >= 0.6 is 11.6 Å². The van der Waals surface area contributed by atoms with Crippen molar-refractivity contribution in [3.63, 3.8) is 0 Å². The first-order chi connectivity index (χ1) is 16.8. The Hall–Kier alpha value is -2.92. The Bertz CT molecular complexity index is 1110. The van der Waals surface area contributed by atoms with Gasteiger partial charge in [0.1, 0.15) is 23.5 Å². The van der Waals surface area contributed by atoms with Crippen LogP contribution in [-0.2, 0) is 11.3 Å². The molecular formula is C24H23ClF5NO5. The fourth-order valence-electron chi connectivity index (χ4n) is 3.88. The zero-order valence-corrected chi connectivity index (χ0v) is 19.6. The summed E-state index contributed by atoms with van der Waals surface area (Å²) < 4.78 is 65.1. The van der Waals surface area contributed by atoms with E-state index in [1.807, 2.05) is 0 Å². The molecule has 196 valence electrons. The first-order valence-corrected chi connectivity index (χ1v) is 11.4. The molecule has 1 saturated heterocycles. The second-order valence-electron chi connectivity index (χ2n) is 8.58. The molecule has 0 spiro atoms. The molecule has 6 nitrogen and oxygen atoms in total. The van der Waals surface area contributed by atoms with Gasteiger partial charge >= 0.3 is 18.1 Å². The van der Waals surface area contributed by atoms with E-state index in [4.69, 9.17) is 26.2 Å². The fraction of sp³-hybridized carbons (Fsp3) is 0.417. The highest BCUT2D eigenvalue weighted by Crippen LogP contribution is 2.43. The Balaban J connectivity index is 0.000000454. The van der Waals surface area contributed by atoms with Crippen molar-refractivity contribution < 1.29 is 46.5 Å². The minimum Gasteiger partial charge on any atom is -0.489 e. The third kappa shape index (κ3) is 7.54. The van der Waals surface area contributed by atoms with Crippen LogP contribution in [0.4, 0.5) is 22.0 Å². The van der Waals surface area contributed by atoms with Crippen molar-refractivity contribution >= 4 is 23.5 Å². The summed E-state index contributed by atoms with van der Waals surface area (Å²) in [5, 5.41) is 16.6. The number of ether oxygens (including phenoxy) is 1. The van der Waals surface area contributed by atoms with E-state index in [0.29, 0.717) is 18.2 Å². The maximum absolute atomic E-state index is 14.2. The van der Waals surface area contributed by atoms with Gasteiger partial charge in [0.05, 0.1) is 10.6 Å². The zero-order valence-electron chi connectivity index (χ0n) is 18.8. The highest BCUT2D eigenvalue weighted by molar-refractivity contribution is 6.32. The van der Waals surface area contributed by atoms with Crippen LogP contribution in [0.2, 0.25) is 5.02 Å². The molecule has 0 radical (unpaired) electrons. The maximum atomic E-state index is 14.2. The predicted molar refractivity (Wildman–Crippen MR) is 119 cm³/mol. The van der Waals surface area contributed by atoms with E-state index in [1.54, 1.807) is 6.07 Å². The van der Waals surface area contributed by atoms with Crippen LogP contribution in [0.25, 0.3) is 0 Å². The van der Waals surface area contributed by atoms with Crippen LogP contribution in [-0.4, -0.2) is 52.4 Å². The van der Waals surface area contributed by atoms with Crippen molar-refractivity contribution in [3.8, 4) is 5.75 Å². The van der Waals surface area contributed by atoms with Gasteiger partial charge in [0, 0.05) is 19.6 Å². The van der Waals surface area contributed by atoms with Gasteiger partial charge in [-0.2, -0.15) is 13.2 Å². The van der Waals surface area contributed by atoms with Gasteiger partial charge in [-0.3, -0.25) is 4.90 Å². The minimum atomic E-state index is -5.08. The van der Waals surface area contributed by atoms with Crippen LogP contribution in [0.1, 0.15) is 53.1 Å². The highest BCUT2D eigenvalue weighted by Gasteiger charge is 2.38. The van der Waals surface area contributed by atoms with Gasteiger partial charge in [0.2, 0.25) is 0 Å². The van der Waals surface area contributed by atoms with E-state index >= 15 is 0 Å². The van der Waals surface area contributed by atoms with Crippen LogP contribution < -0.4 is 4.74 Å². The number of carboxylic acids is 2. The molecule has 0 atom stereocenters. The van der Waals surface area contributed by atoms with Crippen LogP contribution in [0.3, 0.4) is 0 Å². The average Bonchev–Trinajstić information content (AvgIpc) is 3.62. The molecule has 36 heavy (non-hydrogen) atoms. The van der Waals surface area contributed by atoms with Gasteiger partial charge < -0.3 is 14.9 Å². The van der Waals surface area contributed by atoms with Crippen molar-refractivity contribution in [2.75, 3.05) is 13.1 Å². The van der Waals surface area contributed by atoms with Gasteiger partial charge in [0.15, 0.2) is 0 Å². The Kier molecular flexibility index (Phi) is 8.78. The summed E-state index contributed by atoms with van der Waals surface area (Å²) in [4.78, 5) is 22.4. The molecule has 4 rings (SSSR count). The molecule has 1 heterocycles. The molecule has 0 bridgehead atoms. The number of likely N-dealkylation sites (tertiary alicyclic amines) is 1. The molecule has 0 aromatic heterocycles. The van der Waals surface area contributed by atoms with Gasteiger partial charge in [-0.1, -0.05) is 11.6 Å². The van der Waals surface area contributed by atoms with E-state index in [0.717, 1.165) is 49.9 Å². The lowest BCUT2D eigenvalue weighted by Crippen LogP contribution is -2.38. The van der Waals surface area contributed by atoms with Crippen molar-refractivity contribution in [1.82, 2.24) is 4.90 Å². The number of halogens is 6. The summed E-state index contributed by atoms with van der Waals surface area (Å²) in [6.45, 7) is 2.14. The maximum Gasteiger partial charge on any atom is 0.490 e. The molecule has 2 aromatic rings. The molecule has 0 amide bonds. The van der Waals surface area contributed by atoms with Gasteiger partial charge in [-0.05, 0) is 73.1 Å². The van der Waals surface area contributed by atoms with E-state index < -0.39 is 29.7 Å². The lowest BCUT2D eigenvalue weighted by molar-refractivity contribution is -0.192. The normalized spacial score (nSPS) is 16.7. The first kappa shape index (κ1) is 27.7. The van der Waals surface area contributed by atoms with E-state index in [1.165, 1.54) is 24.3 Å². The number of benzene rings is 2. The van der Waals surface area contributed by atoms with Gasteiger partial charge in [-0.25, -0.2) is 18.4 Å². The Morgan fingerprint density at radius 3 is 2.14 bits per heavy atom. The minimum absolute atomic E-state index is 0.0109. The Labute approximate surface area is 208 Å². The SMILES string of the molecule is O=C(O)C(F)(F)F.O=C(O)c1cc(C2CC2)c(CN2CCC(Oc3ccc(F)cc3Cl)CC2)cc1F. The number of nitrogens with zero attached hydrogens (tertiary/aromatic N) is 1. The lowest BCUT2D eigenvalue weighted by Gasteiger charge is -2.32. The summed E-state index contributed by atoms with van der Waals surface area (Å²) >= 11 is 6.03. The predicted octanol–water partition coefficient (Wildman–Crippen LogP) is 5.87. The summed E-state index contributed by atoms with van der Waals surface area (Å²) in [5.41, 5.74) is 1.58. The van der Waals surface area contributed by atoms with Crippen LogP contribution in [0, 0.1) is 11.6 Å². The Morgan fingerprint density at radius 1 is 1.03 bits per heavy atom. The van der Waals surface area contributed by atoms with Gasteiger partial charge in [-0.15, -0.1) is 0 Å². The van der Waals surface area contributed by atoms with Gasteiger partial charge in [0.25, 0.3) is 0 Å². The number of carbonyl (C=O) groups is 2. The second-order valence-corrected chi connectivity index (χ2v) is 8.99. The van der Waals surface area contributed by atoms with Crippen LogP contribution in [0.15, 0.2) is 30.3 Å². The number of aliphatic carboxylic acids is 1. The van der Waals surface area contributed by atoms with Crippen molar-refractivity contribution in [2.24, 2.45) is 0 Å². The summed E-state index contributed by atoms with van der Waals surface area (Å²) in [6.07, 6.45) is -1.49. The molecule has 2 N–H and O–H groups in total. The largest absolute Gasteiger partial charge is 0.490 e. The molecule has 1 aliphatic carbocycles. The molecule has 1 saturated carbocycles. The number of rotatable bonds is 6. The average molecular weight is 536 g/mol. The number of aromatic carboxylic acids is 1. The number of hydrogen-bond acceptors (Lipinski definition) is 4. The molecule has 1 aliphatic heterocycles. The number of piperidine rings is 1. The third-order valence-corrected chi connectivity index (χ3v) is 6.13. The topological polar surface area (TPSA) is 87.1 Å². The molecule has 0 unspecified atom stereocenters. The number of carboxylic acid groups (broad SMARTS) is 2. The van der Waals surface area contributed by atoms with E-state index in [9.17, 15) is 31.9 Å². The summed E-state index contributed by atoms with van der Waals surface area (Å²) in [6, 6.07) is 7.00. The van der Waals surface area contributed by atoms with Crippen molar-refractivity contribution in [2.45, 2.75) is 50.4 Å². The molecule has 2 aromatic carbocycles. The fourth-order valence-corrected chi connectivity index (χ4v) is 4.09. The van der Waals surface area contributed by atoms with Crippen molar-refractivity contribution in [3.05, 3.63) is 63.7 Å². The smallest absolute Gasteiger partial charge is 0.489 e. The van der Waals surface area contributed by atoms with Crippen molar-refractivity contribution in [1.29, 1.82) is 0 Å². The number of hydrogen-bond donors (Lipinski definition) is 2. The molecule has 2 fully saturated rings. The van der Waals surface area contributed by atoms with E-state index in [2.05, 4.69) is 4.90 Å². The lowest BCUT2D eigenvalue weighted by atomic mass is 9.98. The monoisotopic (exact) mass is 535 g/mol. The van der Waals surface area contributed by atoms with Crippen LogP contribution in [0.5, 0.6) is 5.75 Å². The second kappa shape index (κ2) is 11.4. The molecular weight excluding hydrogens is 513 g/mol. The Morgan fingerprint density at radius 2 is 1.64 bits per heavy atom. The molecule has 2 aliphatic rings. The zero-order chi connectivity index (χ0) is 26.6. The standard InChI is InChI=1S/C22H22ClF2NO3.C2HF3O2/c23-19-10-15(24)3-4-21(19)29-16-5-7-26(8-6-16)12-14-9-20(25)18(22(27)28)11-17(14)13-1-2-13;3-2(4,5)1(6)7/h3-4,9-11,13,16H,1-2,5-8,12H2,(H,27,28);(H,6,7). The highest BCUT2D eigenvalue weighted by atomic mass is 35.5. The van der Waals surface area contributed by atoms with E-state index in [-0.39, 0.29) is 16.7 Å². The third-order valence-electron chi connectivity index (χ3n) is 5.84. The first-order valence-electron chi connectivity index (χ1n) is 11.0.